The highest BCUT2D eigenvalue weighted by Gasteiger charge is 2.23. The summed E-state index contributed by atoms with van der Waals surface area (Å²) in [5.74, 6) is 1.09. The molecule has 3 heterocycles. The van der Waals surface area contributed by atoms with E-state index in [1.807, 2.05) is 60.3 Å². The molecule has 0 atom stereocenters. The van der Waals surface area contributed by atoms with E-state index in [0.29, 0.717) is 17.7 Å². The number of hydrazone groups is 1. The molecule has 0 unspecified atom stereocenters. The van der Waals surface area contributed by atoms with Gasteiger partial charge in [-0.05, 0) is 37.6 Å². The SMILES string of the molecule is CCc1nn2c3ccccc3n(C)c2c1C(=O)NN=Cc1ccc(C)o1. The Labute approximate surface area is 149 Å². The molecular weight excluding hydrogens is 330 g/mol. The Morgan fingerprint density at radius 3 is 2.73 bits per heavy atom. The van der Waals surface area contributed by atoms with E-state index >= 15 is 0 Å². The Morgan fingerprint density at radius 2 is 2.04 bits per heavy atom. The third-order valence-corrected chi connectivity index (χ3v) is 4.40. The van der Waals surface area contributed by atoms with Gasteiger partial charge in [0.2, 0.25) is 0 Å². The summed E-state index contributed by atoms with van der Waals surface area (Å²) in [6.45, 7) is 3.84. The average Bonchev–Trinajstić information content (AvgIpc) is 3.30. The second-order valence-electron chi connectivity index (χ2n) is 6.11. The van der Waals surface area contributed by atoms with E-state index < -0.39 is 0 Å². The first-order valence-corrected chi connectivity index (χ1v) is 8.45. The lowest BCUT2D eigenvalue weighted by molar-refractivity contribution is 0.0955. The fraction of sp³-hybridized carbons (Fsp3) is 0.211. The van der Waals surface area contributed by atoms with E-state index in [4.69, 9.17) is 4.42 Å². The van der Waals surface area contributed by atoms with Crippen molar-refractivity contribution in [3.63, 3.8) is 0 Å². The van der Waals surface area contributed by atoms with Gasteiger partial charge in [0.1, 0.15) is 22.7 Å². The minimum Gasteiger partial charge on any atom is -0.460 e. The van der Waals surface area contributed by atoms with Crippen molar-refractivity contribution in [3.8, 4) is 0 Å². The summed E-state index contributed by atoms with van der Waals surface area (Å²) in [6, 6.07) is 11.6. The number of carbonyl (C=O) groups excluding carboxylic acids is 1. The van der Waals surface area contributed by atoms with Gasteiger partial charge in [0, 0.05) is 7.05 Å². The van der Waals surface area contributed by atoms with E-state index in [1.165, 1.54) is 6.21 Å². The van der Waals surface area contributed by atoms with Crippen molar-refractivity contribution in [2.24, 2.45) is 12.1 Å². The third kappa shape index (κ3) is 2.48. The topological polar surface area (TPSA) is 76.8 Å². The number of aromatic nitrogens is 3. The predicted octanol–water partition coefficient (Wildman–Crippen LogP) is 3.05. The van der Waals surface area contributed by atoms with Gasteiger partial charge in [-0.15, -0.1) is 0 Å². The Hall–Kier alpha value is -3.35. The Balaban J connectivity index is 1.74. The zero-order chi connectivity index (χ0) is 18.3. The maximum Gasteiger partial charge on any atom is 0.277 e. The molecule has 7 heteroatoms. The molecule has 0 aliphatic heterocycles. The van der Waals surface area contributed by atoms with E-state index in [9.17, 15) is 4.79 Å². The van der Waals surface area contributed by atoms with Crippen molar-refractivity contribution in [2.45, 2.75) is 20.3 Å². The first kappa shape index (κ1) is 16.1. The standard InChI is InChI=1S/C19H19N5O2/c1-4-14-17(18(25)21-20-11-13-10-9-12(2)26-13)19-23(3)15-7-5-6-8-16(15)24(19)22-14/h5-11H,4H2,1-3H3,(H,21,25). The van der Waals surface area contributed by atoms with Gasteiger partial charge in [-0.2, -0.15) is 10.2 Å². The average molecular weight is 349 g/mol. The molecule has 1 amide bonds. The van der Waals surface area contributed by atoms with E-state index in [2.05, 4.69) is 15.6 Å². The molecular formula is C19H19N5O2. The van der Waals surface area contributed by atoms with E-state index in [0.717, 1.165) is 28.1 Å². The monoisotopic (exact) mass is 349 g/mol. The first-order chi connectivity index (χ1) is 12.6. The molecule has 0 saturated carbocycles. The summed E-state index contributed by atoms with van der Waals surface area (Å²) in [5, 5.41) is 8.65. The van der Waals surface area contributed by atoms with Crippen molar-refractivity contribution >= 4 is 28.8 Å². The molecule has 4 aromatic rings. The Morgan fingerprint density at radius 1 is 1.27 bits per heavy atom. The van der Waals surface area contributed by atoms with Gasteiger partial charge in [-0.3, -0.25) is 4.79 Å². The van der Waals surface area contributed by atoms with Gasteiger partial charge in [0.25, 0.3) is 5.91 Å². The third-order valence-electron chi connectivity index (χ3n) is 4.40. The second kappa shape index (κ2) is 6.18. The van der Waals surface area contributed by atoms with Crippen molar-refractivity contribution < 1.29 is 9.21 Å². The van der Waals surface area contributed by atoms with Crippen molar-refractivity contribution in [2.75, 3.05) is 0 Å². The number of imidazole rings is 1. The number of benzene rings is 1. The Bertz CT molecular complexity index is 1150. The number of furan rings is 1. The quantitative estimate of drug-likeness (QED) is 0.454. The lowest BCUT2D eigenvalue weighted by atomic mass is 10.2. The van der Waals surface area contributed by atoms with Gasteiger partial charge in [0.05, 0.1) is 22.9 Å². The molecule has 0 aliphatic carbocycles. The van der Waals surface area contributed by atoms with Crippen LogP contribution in [-0.4, -0.2) is 26.3 Å². The number of amides is 1. The number of hydrogen-bond acceptors (Lipinski definition) is 4. The highest BCUT2D eigenvalue weighted by molar-refractivity contribution is 6.03. The van der Waals surface area contributed by atoms with Crippen LogP contribution in [-0.2, 0) is 13.5 Å². The minimum atomic E-state index is -0.290. The fourth-order valence-corrected chi connectivity index (χ4v) is 3.19. The fourth-order valence-electron chi connectivity index (χ4n) is 3.19. The summed E-state index contributed by atoms with van der Waals surface area (Å²) < 4.78 is 9.21. The van der Waals surface area contributed by atoms with Crippen molar-refractivity contribution in [1.29, 1.82) is 0 Å². The smallest absolute Gasteiger partial charge is 0.277 e. The van der Waals surface area contributed by atoms with Gasteiger partial charge in [-0.25, -0.2) is 9.94 Å². The number of hydrogen-bond donors (Lipinski definition) is 1. The number of fused-ring (bicyclic) bond motifs is 3. The summed E-state index contributed by atoms with van der Waals surface area (Å²) in [5.41, 5.74) is 6.60. The second-order valence-corrected chi connectivity index (χ2v) is 6.11. The van der Waals surface area contributed by atoms with Crippen LogP contribution in [0.3, 0.4) is 0 Å². The van der Waals surface area contributed by atoms with Crippen LogP contribution in [0.5, 0.6) is 0 Å². The largest absolute Gasteiger partial charge is 0.460 e. The normalized spacial score (nSPS) is 11.8. The molecule has 3 aromatic heterocycles. The minimum absolute atomic E-state index is 0.290. The molecule has 0 bridgehead atoms. The van der Waals surface area contributed by atoms with Gasteiger partial charge in [-0.1, -0.05) is 19.1 Å². The zero-order valence-electron chi connectivity index (χ0n) is 14.9. The molecule has 7 nitrogen and oxygen atoms in total. The number of carbonyl (C=O) groups is 1. The molecule has 0 radical (unpaired) electrons. The van der Waals surface area contributed by atoms with E-state index in [1.54, 1.807) is 6.07 Å². The molecule has 1 N–H and O–H groups in total. The lowest BCUT2D eigenvalue weighted by Gasteiger charge is -2.02. The van der Waals surface area contributed by atoms with Crippen LogP contribution in [0.15, 0.2) is 45.9 Å². The lowest BCUT2D eigenvalue weighted by Crippen LogP contribution is -2.19. The Kier molecular flexibility index (Phi) is 3.84. The number of para-hydroxylation sites is 2. The first-order valence-electron chi connectivity index (χ1n) is 8.45. The number of rotatable bonds is 4. The van der Waals surface area contributed by atoms with Crippen LogP contribution in [0, 0.1) is 6.92 Å². The van der Waals surface area contributed by atoms with Crippen molar-refractivity contribution in [3.05, 3.63) is 59.2 Å². The molecule has 26 heavy (non-hydrogen) atoms. The molecule has 132 valence electrons. The molecule has 0 fully saturated rings. The zero-order valence-corrected chi connectivity index (χ0v) is 14.9. The van der Waals surface area contributed by atoms with Crippen LogP contribution >= 0.6 is 0 Å². The van der Waals surface area contributed by atoms with Crippen LogP contribution in [0.4, 0.5) is 0 Å². The number of nitrogens with one attached hydrogen (secondary N) is 1. The molecule has 0 spiro atoms. The molecule has 0 aliphatic rings. The van der Waals surface area contributed by atoms with Crippen LogP contribution in [0.2, 0.25) is 0 Å². The van der Waals surface area contributed by atoms with E-state index in [-0.39, 0.29) is 5.91 Å². The highest BCUT2D eigenvalue weighted by atomic mass is 16.3. The van der Waals surface area contributed by atoms with Crippen LogP contribution in [0.25, 0.3) is 16.7 Å². The summed E-state index contributed by atoms with van der Waals surface area (Å²) in [4.78, 5) is 12.8. The molecule has 1 aromatic carbocycles. The van der Waals surface area contributed by atoms with Gasteiger partial charge in [0.15, 0.2) is 0 Å². The summed E-state index contributed by atoms with van der Waals surface area (Å²) in [6.07, 6.45) is 2.14. The summed E-state index contributed by atoms with van der Waals surface area (Å²) in [7, 11) is 1.93. The number of nitrogens with zero attached hydrogens (tertiary/aromatic N) is 4. The van der Waals surface area contributed by atoms with Gasteiger partial charge >= 0.3 is 0 Å². The maximum absolute atomic E-state index is 12.8. The molecule has 0 saturated heterocycles. The number of aryl methyl sites for hydroxylation is 3. The maximum atomic E-state index is 12.8. The van der Waals surface area contributed by atoms with Crippen molar-refractivity contribution in [1.82, 2.24) is 19.6 Å². The van der Waals surface area contributed by atoms with Gasteiger partial charge < -0.3 is 8.98 Å². The molecule has 4 rings (SSSR count). The van der Waals surface area contributed by atoms with Crippen LogP contribution < -0.4 is 5.43 Å². The van der Waals surface area contributed by atoms with Crippen LogP contribution in [0.1, 0.15) is 34.5 Å². The highest BCUT2D eigenvalue weighted by Crippen LogP contribution is 2.24. The summed E-state index contributed by atoms with van der Waals surface area (Å²) >= 11 is 0. The predicted molar refractivity (Wildman–Crippen MR) is 99.6 cm³/mol.